The van der Waals surface area contributed by atoms with Crippen molar-refractivity contribution in [3.8, 4) is 0 Å². The molecule has 0 spiro atoms. The van der Waals surface area contributed by atoms with Gasteiger partial charge in [-0.3, -0.25) is 4.79 Å². The number of hydrogen-bond donors (Lipinski definition) is 1. The van der Waals surface area contributed by atoms with E-state index in [9.17, 15) is 18.0 Å². The summed E-state index contributed by atoms with van der Waals surface area (Å²) in [6.07, 6.45) is -4.53. The number of aryl methyl sites for hydroxylation is 2. The van der Waals surface area contributed by atoms with Crippen LogP contribution >= 0.6 is 23.4 Å². The van der Waals surface area contributed by atoms with Crippen LogP contribution in [-0.2, 0) is 11.0 Å². The molecular weight excluding hydrogens is 415 g/mol. The van der Waals surface area contributed by atoms with Crippen molar-refractivity contribution in [2.24, 2.45) is 0 Å². The number of carbonyl (C=O) groups is 1. The van der Waals surface area contributed by atoms with Crippen molar-refractivity contribution >= 4 is 40.7 Å². The number of carbonyl (C=O) groups excluding carboxylic acids is 1. The van der Waals surface area contributed by atoms with E-state index in [1.165, 1.54) is 0 Å². The van der Waals surface area contributed by atoms with Gasteiger partial charge in [0.15, 0.2) is 0 Å². The fourth-order valence-electron chi connectivity index (χ4n) is 2.41. The predicted molar refractivity (Wildman–Crippen MR) is 101 cm³/mol. The standard InChI is InChI=1S/C17H15ClF3N5OS/c1-8-9(2)22-15-24-16(25-26(15)10(8)3)28-7-14(27)23-13-6-11(17(19,20)21)4-5-12(13)18/h4-6H,7H2,1-3H3,(H,23,27). The number of aromatic nitrogens is 4. The zero-order chi connectivity index (χ0) is 20.6. The molecule has 11 heteroatoms. The Morgan fingerprint density at radius 2 is 1.96 bits per heavy atom. The van der Waals surface area contributed by atoms with Gasteiger partial charge in [0.2, 0.25) is 11.1 Å². The molecule has 0 radical (unpaired) electrons. The maximum Gasteiger partial charge on any atom is 0.416 e. The Hall–Kier alpha value is -2.33. The molecular formula is C17H15ClF3N5OS. The molecule has 1 amide bonds. The zero-order valence-electron chi connectivity index (χ0n) is 15.1. The van der Waals surface area contributed by atoms with E-state index in [0.29, 0.717) is 10.9 Å². The lowest BCUT2D eigenvalue weighted by Gasteiger charge is -2.11. The zero-order valence-corrected chi connectivity index (χ0v) is 16.6. The molecule has 28 heavy (non-hydrogen) atoms. The Morgan fingerprint density at radius 1 is 1.25 bits per heavy atom. The van der Waals surface area contributed by atoms with Crippen LogP contribution in [0.2, 0.25) is 5.02 Å². The molecule has 0 aliphatic carbocycles. The van der Waals surface area contributed by atoms with E-state index < -0.39 is 17.6 Å². The summed E-state index contributed by atoms with van der Waals surface area (Å²) >= 11 is 6.93. The maximum absolute atomic E-state index is 12.8. The largest absolute Gasteiger partial charge is 0.416 e. The van der Waals surface area contributed by atoms with Crippen LogP contribution in [0.1, 0.15) is 22.5 Å². The summed E-state index contributed by atoms with van der Waals surface area (Å²) < 4.78 is 40.0. The van der Waals surface area contributed by atoms with E-state index in [1.807, 2.05) is 20.8 Å². The molecule has 0 bridgehead atoms. The first-order chi connectivity index (χ1) is 13.1. The SMILES string of the molecule is Cc1nc2nc(SCC(=O)Nc3cc(C(F)(F)F)ccc3Cl)nn2c(C)c1C. The first-order valence-corrected chi connectivity index (χ1v) is 9.42. The van der Waals surface area contributed by atoms with E-state index in [1.54, 1.807) is 4.52 Å². The van der Waals surface area contributed by atoms with Gasteiger partial charge in [0.25, 0.3) is 5.78 Å². The van der Waals surface area contributed by atoms with Gasteiger partial charge in [-0.25, -0.2) is 9.50 Å². The molecule has 0 fully saturated rings. The van der Waals surface area contributed by atoms with Gasteiger partial charge in [0.1, 0.15) is 0 Å². The summed E-state index contributed by atoms with van der Waals surface area (Å²) in [6, 6.07) is 2.75. The molecule has 0 aliphatic rings. The first-order valence-electron chi connectivity index (χ1n) is 8.06. The van der Waals surface area contributed by atoms with Gasteiger partial charge >= 0.3 is 6.18 Å². The summed E-state index contributed by atoms with van der Waals surface area (Å²) in [5, 5.41) is 7.05. The average molecular weight is 430 g/mol. The van der Waals surface area contributed by atoms with Crippen LogP contribution in [0, 0.1) is 20.8 Å². The molecule has 3 rings (SSSR count). The smallest absolute Gasteiger partial charge is 0.324 e. The number of thioether (sulfide) groups is 1. The lowest BCUT2D eigenvalue weighted by atomic mass is 10.2. The van der Waals surface area contributed by atoms with E-state index in [0.717, 1.165) is 46.9 Å². The Balaban J connectivity index is 1.71. The highest BCUT2D eigenvalue weighted by Gasteiger charge is 2.31. The molecule has 3 aromatic rings. The molecule has 0 unspecified atom stereocenters. The molecule has 0 saturated carbocycles. The number of fused-ring (bicyclic) bond motifs is 1. The minimum absolute atomic E-state index is 0.0166. The molecule has 0 saturated heterocycles. The second kappa shape index (κ2) is 7.59. The highest BCUT2D eigenvalue weighted by molar-refractivity contribution is 7.99. The topological polar surface area (TPSA) is 72.2 Å². The molecule has 6 nitrogen and oxygen atoms in total. The number of hydrogen-bond acceptors (Lipinski definition) is 5. The number of anilines is 1. The molecule has 0 atom stereocenters. The number of alkyl halides is 3. The van der Waals surface area contributed by atoms with Crippen LogP contribution in [0.4, 0.5) is 18.9 Å². The van der Waals surface area contributed by atoms with Crippen molar-refractivity contribution in [3.63, 3.8) is 0 Å². The second-order valence-electron chi connectivity index (χ2n) is 6.04. The van der Waals surface area contributed by atoms with Crippen LogP contribution in [0.3, 0.4) is 0 Å². The maximum atomic E-state index is 12.8. The molecule has 148 valence electrons. The van der Waals surface area contributed by atoms with Gasteiger partial charge in [0, 0.05) is 11.4 Å². The third-order valence-electron chi connectivity index (χ3n) is 4.14. The second-order valence-corrected chi connectivity index (χ2v) is 7.39. The van der Waals surface area contributed by atoms with E-state index in [2.05, 4.69) is 20.4 Å². The minimum Gasteiger partial charge on any atom is -0.324 e. The van der Waals surface area contributed by atoms with Gasteiger partial charge in [-0.15, -0.1) is 5.10 Å². The summed E-state index contributed by atoms with van der Waals surface area (Å²) in [5.74, 6) is -0.202. The number of amides is 1. The molecule has 2 heterocycles. The quantitative estimate of drug-likeness (QED) is 0.620. The van der Waals surface area contributed by atoms with Crippen LogP contribution in [0.15, 0.2) is 23.4 Å². The fourth-order valence-corrected chi connectivity index (χ4v) is 3.20. The van der Waals surface area contributed by atoms with Gasteiger partial charge in [-0.1, -0.05) is 23.4 Å². The van der Waals surface area contributed by atoms with Gasteiger partial charge < -0.3 is 5.32 Å². The lowest BCUT2D eigenvalue weighted by Crippen LogP contribution is -2.15. The number of nitrogens with one attached hydrogen (secondary N) is 1. The van der Waals surface area contributed by atoms with Crippen LogP contribution in [0.5, 0.6) is 0 Å². The minimum atomic E-state index is -4.53. The fraction of sp³-hybridized carbons (Fsp3) is 0.294. The number of rotatable bonds is 4. The van der Waals surface area contributed by atoms with Crippen LogP contribution < -0.4 is 5.32 Å². The van der Waals surface area contributed by atoms with E-state index >= 15 is 0 Å². The Labute approximate surface area is 167 Å². The highest BCUT2D eigenvalue weighted by Crippen LogP contribution is 2.34. The molecule has 0 aliphatic heterocycles. The van der Waals surface area contributed by atoms with Crippen molar-refractivity contribution < 1.29 is 18.0 Å². The average Bonchev–Trinajstić information content (AvgIpc) is 3.02. The van der Waals surface area contributed by atoms with Gasteiger partial charge in [0.05, 0.1) is 22.0 Å². The van der Waals surface area contributed by atoms with Crippen LogP contribution in [0.25, 0.3) is 5.78 Å². The summed E-state index contributed by atoms with van der Waals surface area (Å²) in [5.41, 5.74) is 1.72. The predicted octanol–water partition coefficient (Wildman–Crippen LogP) is 4.45. The number of benzene rings is 1. The third kappa shape index (κ3) is 4.22. The normalized spacial score (nSPS) is 11.8. The summed E-state index contributed by atoms with van der Waals surface area (Å²) in [6.45, 7) is 5.69. The Morgan fingerprint density at radius 3 is 2.64 bits per heavy atom. The summed E-state index contributed by atoms with van der Waals surface area (Å²) in [4.78, 5) is 20.8. The van der Waals surface area contributed by atoms with E-state index in [-0.39, 0.29) is 16.5 Å². The van der Waals surface area contributed by atoms with Gasteiger partial charge in [-0.2, -0.15) is 18.2 Å². The van der Waals surface area contributed by atoms with Gasteiger partial charge in [-0.05, 0) is 44.5 Å². The number of nitrogens with zero attached hydrogens (tertiary/aromatic N) is 4. The van der Waals surface area contributed by atoms with Crippen LogP contribution in [-0.4, -0.2) is 31.2 Å². The van der Waals surface area contributed by atoms with Crippen molar-refractivity contribution in [2.75, 3.05) is 11.1 Å². The first kappa shape index (κ1) is 20.4. The Bertz CT molecular complexity index is 1070. The highest BCUT2D eigenvalue weighted by atomic mass is 35.5. The molecule has 2 aromatic heterocycles. The van der Waals surface area contributed by atoms with Crippen molar-refractivity contribution in [1.29, 1.82) is 0 Å². The molecule has 1 N–H and O–H groups in total. The lowest BCUT2D eigenvalue weighted by molar-refractivity contribution is -0.137. The summed E-state index contributed by atoms with van der Waals surface area (Å²) in [7, 11) is 0. The van der Waals surface area contributed by atoms with Crippen molar-refractivity contribution in [1.82, 2.24) is 19.6 Å². The van der Waals surface area contributed by atoms with Crippen molar-refractivity contribution in [3.05, 3.63) is 45.7 Å². The molecule has 1 aromatic carbocycles. The monoisotopic (exact) mass is 429 g/mol. The number of halogens is 4. The van der Waals surface area contributed by atoms with Crippen molar-refractivity contribution in [2.45, 2.75) is 32.1 Å². The van der Waals surface area contributed by atoms with E-state index in [4.69, 9.17) is 11.6 Å². The Kier molecular flexibility index (Phi) is 5.53. The third-order valence-corrected chi connectivity index (χ3v) is 5.31.